The third-order valence-corrected chi connectivity index (χ3v) is 4.47. The van der Waals surface area contributed by atoms with Crippen molar-refractivity contribution in [1.29, 1.82) is 0 Å². The predicted octanol–water partition coefficient (Wildman–Crippen LogP) is 5.29. The molecule has 2 amide bonds. The van der Waals surface area contributed by atoms with Crippen LogP contribution in [0.2, 0.25) is 0 Å². The number of rotatable bonds is 9. The van der Waals surface area contributed by atoms with Crippen molar-refractivity contribution in [3.8, 4) is 10.6 Å². The minimum atomic E-state index is -0.177. The smallest absolute Gasteiger partial charge is 0.320 e. The molecule has 0 bridgehead atoms. The molecule has 0 aliphatic rings. The van der Waals surface area contributed by atoms with Crippen LogP contribution in [0.5, 0.6) is 0 Å². The van der Waals surface area contributed by atoms with Gasteiger partial charge in [-0.15, -0.1) is 11.3 Å². The molecule has 0 aliphatic carbocycles. The fourth-order valence-electron chi connectivity index (χ4n) is 2.31. The van der Waals surface area contributed by atoms with E-state index in [0.29, 0.717) is 12.4 Å². The number of nitrogens with one attached hydrogen (secondary N) is 2. The summed E-state index contributed by atoms with van der Waals surface area (Å²) in [7, 11) is 0. The number of hydrogen-bond donors (Lipinski definition) is 2. The molecule has 0 spiro atoms. The molecular weight excluding hydrogens is 306 g/mol. The van der Waals surface area contributed by atoms with Gasteiger partial charge in [-0.05, 0) is 6.42 Å². The summed E-state index contributed by atoms with van der Waals surface area (Å²) in [6, 6.07) is 9.80. The normalized spacial score (nSPS) is 10.5. The fraction of sp³-hybridized carbons (Fsp3) is 0.444. The molecule has 1 heterocycles. The van der Waals surface area contributed by atoms with Crippen LogP contribution in [0.1, 0.15) is 45.4 Å². The van der Waals surface area contributed by atoms with Gasteiger partial charge in [0.05, 0.1) is 0 Å². The Bertz CT molecular complexity index is 583. The van der Waals surface area contributed by atoms with Crippen molar-refractivity contribution in [3.05, 3.63) is 35.7 Å². The van der Waals surface area contributed by atoms with Crippen molar-refractivity contribution in [1.82, 2.24) is 10.3 Å². The summed E-state index contributed by atoms with van der Waals surface area (Å²) in [6.07, 6.45) is 7.33. The number of anilines is 1. The minimum absolute atomic E-state index is 0.177. The standard InChI is InChI=1S/C18H25N3OS/c1-2-3-4-5-6-10-13-19-18(22)21-16-14-23-17(20-16)15-11-8-7-9-12-15/h7-9,11-12,14H,2-6,10,13H2,1H3,(H2,19,21,22). The van der Waals surface area contributed by atoms with Crippen LogP contribution in [-0.2, 0) is 0 Å². The maximum Gasteiger partial charge on any atom is 0.320 e. The summed E-state index contributed by atoms with van der Waals surface area (Å²) in [5, 5.41) is 8.46. The van der Waals surface area contributed by atoms with E-state index in [0.717, 1.165) is 17.0 Å². The lowest BCUT2D eigenvalue weighted by Gasteiger charge is -2.05. The SMILES string of the molecule is CCCCCCCCNC(=O)Nc1csc(-c2ccccc2)n1. The predicted molar refractivity (Wildman–Crippen MR) is 97.9 cm³/mol. The summed E-state index contributed by atoms with van der Waals surface area (Å²) in [5.41, 5.74) is 1.07. The van der Waals surface area contributed by atoms with Gasteiger partial charge < -0.3 is 5.32 Å². The molecule has 0 fully saturated rings. The lowest BCUT2D eigenvalue weighted by Crippen LogP contribution is -2.29. The molecule has 2 N–H and O–H groups in total. The topological polar surface area (TPSA) is 54.0 Å². The third-order valence-electron chi connectivity index (χ3n) is 3.58. The fourth-order valence-corrected chi connectivity index (χ4v) is 3.07. The number of nitrogens with zero attached hydrogens (tertiary/aromatic N) is 1. The van der Waals surface area contributed by atoms with Crippen molar-refractivity contribution in [3.63, 3.8) is 0 Å². The van der Waals surface area contributed by atoms with Crippen LogP contribution in [0, 0.1) is 0 Å². The van der Waals surface area contributed by atoms with Crippen LogP contribution in [0.15, 0.2) is 35.7 Å². The summed E-state index contributed by atoms with van der Waals surface area (Å²) in [4.78, 5) is 16.3. The molecule has 1 aromatic heterocycles. The molecule has 0 atom stereocenters. The highest BCUT2D eigenvalue weighted by atomic mass is 32.1. The Hall–Kier alpha value is -1.88. The number of carbonyl (C=O) groups is 1. The van der Waals surface area contributed by atoms with Gasteiger partial charge in [-0.25, -0.2) is 9.78 Å². The highest BCUT2D eigenvalue weighted by molar-refractivity contribution is 7.13. The number of urea groups is 1. The lowest BCUT2D eigenvalue weighted by molar-refractivity contribution is 0.252. The van der Waals surface area contributed by atoms with Gasteiger partial charge in [0, 0.05) is 17.5 Å². The average molecular weight is 331 g/mol. The largest absolute Gasteiger partial charge is 0.338 e. The molecular formula is C18H25N3OS. The van der Waals surface area contributed by atoms with Gasteiger partial charge in [-0.2, -0.15) is 0 Å². The van der Waals surface area contributed by atoms with Gasteiger partial charge >= 0.3 is 6.03 Å². The van der Waals surface area contributed by atoms with E-state index >= 15 is 0 Å². The summed E-state index contributed by atoms with van der Waals surface area (Å²) < 4.78 is 0. The Morgan fingerprint density at radius 2 is 1.83 bits per heavy atom. The highest BCUT2D eigenvalue weighted by Crippen LogP contribution is 2.25. The molecule has 124 valence electrons. The maximum atomic E-state index is 11.8. The summed E-state index contributed by atoms with van der Waals surface area (Å²) in [6.45, 7) is 2.93. The first-order valence-electron chi connectivity index (χ1n) is 8.35. The molecule has 0 radical (unpaired) electrons. The number of benzene rings is 1. The van der Waals surface area contributed by atoms with E-state index in [2.05, 4.69) is 22.5 Å². The number of amides is 2. The zero-order chi connectivity index (χ0) is 16.3. The number of hydrogen-bond acceptors (Lipinski definition) is 3. The lowest BCUT2D eigenvalue weighted by atomic mass is 10.1. The molecule has 0 unspecified atom stereocenters. The van der Waals surface area contributed by atoms with Crippen molar-refractivity contribution < 1.29 is 4.79 Å². The number of carbonyl (C=O) groups excluding carboxylic acids is 1. The minimum Gasteiger partial charge on any atom is -0.338 e. The second kappa shape index (κ2) is 10.0. The highest BCUT2D eigenvalue weighted by Gasteiger charge is 2.07. The molecule has 2 rings (SSSR count). The Morgan fingerprint density at radius 1 is 1.09 bits per heavy atom. The van der Waals surface area contributed by atoms with Gasteiger partial charge in [-0.3, -0.25) is 5.32 Å². The van der Waals surface area contributed by atoms with Gasteiger partial charge in [0.2, 0.25) is 0 Å². The molecule has 5 heteroatoms. The molecule has 4 nitrogen and oxygen atoms in total. The van der Waals surface area contributed by atoms with E-state index in [1.54, 1.807) is 0 Å². The van der Waals surface area contributed by atoms with E-state index in [1.165, 1.54) is 43.4 Å². The second-order valence-electron chi connectivity index (χ2n) is 5.55. The van der Waals surface area contributed by atoms with Crippen LogP contribution >= 0.6 is 11.3 Å². The van der Waals surface area contributed by atoms with Crippen molar-refractivity contribution in [2.45, 2.75) is 45.4 Å². The van der Waals surface area contributed by atoms with Crippen LogP contribution in [0.3, 0.4) is 0 Å². The molecule has 2 aromatic rings. The van der Waals surface area contributed by atoms with E-state index in [4.69, 9.17) is 0 Å². The zero-order valence-electron chi connectivity index (χ0n) is 13.7. The number of thiazole rings is 1. The zero-order valence-corrected chi connectivity index (χ0v) is 14.5. The van der Waals surface area contributed by atoms with E-state index in [1.807, 2.05) is 35.7 Å². The van der Waals surface area contributed by atoms with Gasteiger partial charge in [-0.1, -0.05) is 69.4 Å². The second-order valence-corrected chi connectivity index (χ2v) is 6.41. The third kappa shape index (κ3) is 6.40. The van der Waals surface area contributed by atoms with Crippen LogP contribution in [0.4, 0.5) is 10.6 Å². The van der Waals surface area contributed by atoms with Crippen LogP contribution in [-0.4, -0.2) is 17.6 Å². The Kier molecular flexibility index (Phi) is 7.60. The first-order valence-corrected chi connectivity index (χ1v) is 9.23. The Morgan fingerprint density at radius 3 is 2.61 bits per heavy atom. The molecule has 0 saturated carbocycles. The Balaban J connectivity index is 1.67. The summed E-state index contributed by atoms with van der Waals surface area (Å²) >= 11 is 1.53. The van der Waals surface area contributed by atoms with Crippen molar-refractivity contribution in [2.75, 3.05) is 11.9 Å². The molecule has 23 heavy (non-hydrogen) atoms. The van der Waals surface area contributed by atoms with E-state index < -0.39 is 0 Å². The summed E-state index contributed by atoms with van der Waals surface area (Å²) in [5.74, 6) is 0.606. The van der Waals surface area contributed by atoms with Gasteiger partial charge in [0.25, 0.3) is 0 Å². The van der Waals surface area contributed by atoms with E-state index in [9.17, 15) is 4.79 Å². The molecule has 1 aromatic carbocycles. The first-order chi connectivity index (χ1) is 11.3. The van der Waals surface area contributed by atoms with Crippen molar-refractivity contribution in [2.24, 2.45) is 0 Å². The molecule has 0 saturated heterocycles. The van der Waals surface area contributed by atoms with Crippen LogP contribution < -0.4 is 10.6 Å². The maximum absolute atomic E-state index is 11.8. The Labute approximate surface area is 142 Å². The monoisotopic (exact) mass is 331 g/mol. The van der Waals surface area contributed by atoms with Crippen LogP contribution in [0.25, 0.3) is 10.6 Å². The molecule has 0 aliphatic heterocycles. The first kappa shape index (κ1) is 17.5. The number of unbranched alkanes of at least 4 members (excludes halogenated alkanes) is 5. The quantitative estimate of drug-likeness (QED) is 0.613. The van der Waals surface area contributed by atoms with Gasteiger partial charge in [0.1, 0.15) is 10.8 Å². The van der Waals surface area contributed by atoms with Crippen molar-refractivity contribution >= 4 is 23.2 Å². The average Bonchev–Trinajstić information content (AvgIpc) is 3.03. The van der Waals surface area contributed by atoms with Gasteiger partial charge in [0.15, 0.2) is 0 Å². The van der Waals surface area contributed by atoms with E-state index in [-0.39, 0.29) is 6.03 Å². The number of aromatic nitrogens is 1.